The highest BCUT2D eigenvalue weighted by Gasteiger charge is 2.17. The Kier molecular flexibility index (Phi) is 6.59. The molecule has 4 N–H and O–H groups in total. The van der Waals surface area contributed by atoms with Crippen LogP contribution in [0.2, 0.25) is 0 Å². The maximum atomic E-state index is 10.5. The van der Waals surface area contributed by atoms with Gasteiger partial charge in [-0.25, -0.2) is 4.79 Å². The van der Waals surface area contributed by atoms with Gasteiger partial charge in [0.15, 0.2) is 0 Å². The van der Waals surface area contributed by atoms with Crippen LogP contribution in [0.15, 0.2) is 0 Å². The maximum Gasteiger partial charge on any atom is 0.329 e. The Labute approximate surface area is 87.4 Å². The SMILES string of the molecule is CC(OCC(=O)O)N(CCN)CC(=O)O. The molecule has 1 atom stereocenters. The van der Waals surface area contributed by atoms with E-state index in [1.54, 1.807) is 6.92 Å². The zero-order valence-corrected chi connectivity index (χ0v) is 8.55. The summed E-state index contributed by atoms with van der Waals surface area (Å²) in [6.45, 7) is 1.53. The molecule has 0 aromatic carbocycles. The van der Waals surface area contributed by atoms with Crippen LogP contribution in [0.1, 0.15) is 6.92 Å². The molecule has 0 amide bonds. The minimum atomic E-state index is -1.09. The van der Waals surface area contributed by atoms with E-state index in [9.17, 15) is 9.59 Å². The third-order valence-electron chi connectivity index (χ3n) is 1.72. The Morgan fingerprint density at radius 2 is 2.00 bits per heavy atom. The molecule has 0 saturated carbocycles. The van der Waals surface area contributed by atoms with Crippen molar-refractivity contribution in [1.29, 1.82) is 0 Å². The molecule has 0 aromatic heterocycles. The summed E-state index contributed by atoms with van der Waals surface area (Å²) in [7, 11) is 0. The van der Waals surface area contributed by atoms with Gasteiger partial charge in [0.05, 0.1) is 6.54 Å². The Morgan fingerprint density at radius 3 is 2.40 bits per heavy atom. The number of carbonyl (C=O) groups is 2. The van der Waals surface area contributed by atoms with Crippen molar-refractivity contribution in [2.24, 2.45) is 5.73 Å². The van der Waals surface area contributed by atoms with Gasteiger partial charge in [-0.3, -0.25) is 9.69 Å². The second-order valence-corrected chi connectivity index (χ2v) is 2.96. The number of nitrogens with zero attached hydrogens (tertiary/aromatic N) is 1. The smallest absolute Gasteiger partial charge is 0.329 e. The molecule has 0 aromatic rings. The van der Waals surface area contributed by atoms with Crippen molar-refractivity contribution in [3.05, 3.63) is 0 Å². The molecular formula is C8H16N2O5. The van der Waals surface area contributed by atoms with Crippen LogP contribution in [0.5, 0.6) is 0 Å². The fourth-order valence-corrected chi connectivity index (χ4v) is 1.03. The van der Waals surface area contributed by atoms with E-state index >= 15 is 0 Å². The van der Waals surface area contributed by atoms with E-state index in [2.05, 4.69) is 0 Å². The van der Waals surface area contributed by atoms with Crippen molar-refractivity contribution < 1.29 is 24.5 Å². The van der Waals surface area contributed by atoms with Gasteiger partial charge in [0.1, 0.15) is 12.8 Å². The van der Waals surface area contributed by atoms with Gasteiger partial charge in [-0.15, -0.1) is 0 Å². The lowest BCUT2D eigenvalue weighted by molar-refractivity contribution is -0.151. The lowest BCUT2D eigenvalue weighted by atomic mass is 10.4. The molecule has 15 heavy (non-hydrogen) atoms. The molecule has 7 heteroatoms. The van der Waals surface area contributed by atoms with Crippen LogP contribution in [0.4, 0.5) is 0 Å². The summed E-state index contributed by atoms with van der Waals surface area (Å²) < 4.78 is 4.93. The molecule has 7 nitrogen and oxygen atoms in total. The summed E-state index contributed by atoms with van der Waals surface area (Å²) in [5, 5.41) is 17.0. The van der Waals surface area contributed by atoms with Gasteiger partial charge >= 0.3 is 11.9 Å². The van der Waals surface area contributed by atoms with Gasteiger partial charge in [-0.05, 0) is 6.92 Å². The molecule has 88 valence electrons. The largest absolute Gasteiger partial charge is 0.480 e. The van der Waals surface area contributed by atoms with Crippen LogP contribution in [0, 0.1) is 0 Å². The van der Waals surface area contributed by atoms with Gasteiger partial charge in [0.2, 0.25) is 0 Å². The molecule has 1 unspecified atom stereocenters. The van der Waals surface area contributed by atoms with Crippen LogP contribution in [0.3, 0.4) is 0 Å². The van der Waals surface area contributed by atoms with Gasteiger partial charge in [0, 0.05) is 13.1 Å². The van der Waals surface area contributed by atoms with Crippen LogP contribution in [-0.4, -0.2) is 59.5 Å². The van der Waals surface area contributed by atoms with Gasteiger partial charge in [-0.1, -0.05) is 0 Å². The predicted molar refractivity (Wildman–Crippen MR) is 51.3 cm³/mol. The highest BCUT2D eigenvalue weighted by molar-refractivity contribution is 5.69. The normalized spacial score (nSPS) is 12.7. The van der Waals surface area contributed by atoms with Crippen LogP contribution < -0.4 is 5.73 Å². The van der Waals surface area contributed by atoms with Gasteiger partial charge in [0.25, 0.3) is 0 Å². The van der Waals surface area contributed by atoms with E-state index < -0.39 is 24.8 Å². The number of carboxylic acid groups (broad SMARTS) is 2. The quantitative estimate of drug-likeness (QED) is 0.439. The van der Waals surface area contributed by atoms with Crippen LogP contribution in [-0.2, 0) is 14.3 Å². The summed E-state index contributed by atoms with van der Waals surface area (Å²) in [6.07, 6.45) is -0.583. The summed E-state index contributed by atoms with van der Waals surface area (Å²) in [4.78, 5) is 22.1. The number of aliphatic carboxylic acids is 2. The first-order chi connectivity index (χ1) is 6.97. The van der Waals surface area contributed by atoms with Crippen molar-refractivity contribution in [3.63, 3.8) is 0 Å². The van der Waals surface area contributed by atoms with E-state index in [1.807, 2.05) is 0 Å². The van der Waals surface area contributed by atoms with Crippen molar-refractivity contribution in [1.82, 2.24) is 4.90 Å². The molecule has 0 fully saturated rings. The van der Waals surface area contributed by atoms with Crippen molar-refractivity contribution in [3.8, 4) is 0 Å². The second-order valence-electron chi connectivity index (χ2n) is 2.96. The number of hydrogen-bond donors (Lipinski definition) is 3. The first-order valence-electron chi connectivity index (χ1n) is 4.46. The Balaban J connectivity index is 4.08. The second kappa shape index (κ2) is 7.16. The van der Waals surface area contributed by atoms with E-state index in [1.165, 1.54) is 4.90 Å². The topological polar surface area (TPSA) is 113 Å². The summed E-state index contributed by atoms with van der Waals surface area (Å²) >= 11 is 0. The molecule has 0 saturated heterocycles. The average molecular weight is 220 g/mol. The maximum absolute atomic E-state index is 10.5. The first kappa shape index (κ1) is 13.8. The zero-order chi connectivity index (χ0) is 11.8. The zero-order valence-electron chi connectivity index (χ0n) is 8.55. The lowest BCUT2D eigenvalue weighted by Crippen LogP contribution is -2.42. The third-order valence-corrected chi connectivity index (χ3v) is 1.72. The number of rotatable bonds is 8. The molecule has 0 bridgehead atoms. The number of hydrogen-bond acceptors (Lipinski definition) is 5. The molecular weight excluding hydrogens is 204 g/mol. The summed E-state index contributed by atoms with van der Waals surface area (Å²) in [5.74, 6) is -2.10. The van der Waals surface area contributed by atoms with Crippen molar-refractivity contribution in [2.45, 2.75) is 13.2 Å². The minimum Gasteiger partial charge on any atom is -0.480 e. The summed E-state index contributed by atoms with van der Waals surface area (Å²) in [6, 6.07) is 0. The van der Waals surface area contributed by atoms with E-state index in [0.717, 1.165) is 0 Å². The van der Waals surface area contributed by atoms with E-state index in [4.69, 9.17) is 20.7 Å². The Bertz CT molecular complexity index is 221. The van der Waals surface area contributed by atoms with Crippen LogP contribution >= 0.6 is 0 Å². The third kappa shape index (κ3) is 6.83. The molecule has 0 radical (unpaired) electrons. The van der Waals surface area contributed by atoms with Gasteiger partial charge < -0.3 is 20.7 Å². The number of nitrogens with two attached hydrogens (primary N) is 1. The number of ether oxygens (including phenoxy) is 1. The van der Waals surface area contributed by atoms with E-state index in [0.29, 0.717) is 6.54 Å². The van der Waals surface area contributed by atoms with Gasteiger partial charge in [-0.2, -0.15) is 0 Å². The minimum absolute atomic E-state index is 0.224. The fourth-order valence-electron chi connectivity index (χ4n) is 1.03. The molecule has 0 aliphatic heterocycles. The monoisotopic (exact) mass is 220 g/mol. The Morgan fingerprint density at radius 1 is 1.40 bits per heavy atom. The van der Waals surface area contributed by atoms with Crippen molar-refractivity contribution >= 4 is 11.9 Å². The molecule has 0 heterocycles. The molecule has 0 aliphatic rings. The Hall–Kier alpha value is -1.18. The number of carboxylic acids is 2. The summed E-state index contributed by atoms with van der Waals surface area (Å²) in [5.41, 5.74) is 5.29. The average Bonchev–Trinajstić information content (AvgIpc) is 2.12. The lowest BCUT2D eigenvalue weighted by Gasteiger charge is -2.26. The van der Waals surface area contributed by atoms with Crippen LogP contribution in [0.25, 0.3) is 0 Å². The highest BCUT2D eigenvalue weighted by atomic mass is 16.5. The fraction of sp³-hybridized carbons (Fsp3) is 0.750. The predicted octanol–water partition coefficient (Wildman–Crippen LogP) is -1.22. The molecule has 0 aliphatic carbocycles. The molecule has 0 rings (SSSR count). The van der Waals surface area contributed by atoms with E-state index in [-0.39, 0.29) is 13.1 Å². The highest BCUT2D eigenvalue weighted by Crippen LogP contribution is 1.99. The van der Waals surface area contributed by atoms with Crippen molar-refractivity contribution in [2.75, 3.05) is 26.2 Å². The standard InChI is InChI=1S/C8H16N2O5/c1-6(15-5-8(13)14)10(3-2-9)4-7(11)12/h6H,2-5,9H2,1H3,(H,11,12)(H,13,14). The first-order valence-corrected chi connectivity index (χ1v) is 4.46. The molecule has 0 spiro atoms.